The van der Waals surface area contributed by atoms with Crippen molar-refractivity contribution >= 4 is 29.9 Å². The van der Waals surface area contributed by atoms with Crippen LogP contribution in [-0.2, 0) is 11.2 Å². The summed E-state index contributed by atoms with van der Waals surface area (Å²) in [7, 11) is 3.33. The van der Waals surface area contributed by atoms with Gasteiger partial charge >= 0.3 is 0 Å². The van der Waals surface area contributed by atoms with Crippen molar-refractivity contribution in [3.8, 4) is 17.1 Å². The van der Waals surface area contributed by atoms with Gasteiger partial charge in [-0.3, -0.25) is 4.99 Å². The van der Waals surface area contributed by atoms with Crippen LogP contribution in [0.1, 0.15) is 32.1 Å². The van der Waals surface area contributed by atoms with Crippen molar-refractivity contribution < 1.29 is 14.0 Å². The lowest BCUT2D eigenvalue weighted by atomic mass is 10.2. The standard InChI is InChI=1S/C20H31N5O3.HI/c1-4-21-20(23-14-15-26-2)22-13-7-5-6-8-18-24-19(25-28-18)16-9-11-17(27-3)12-10-16;/h9-12H,4-8,13-15H2,1-3H3,(H2,21,22,23);1H. The first-order valence-electron chi connectivity index (χ1n) is 9.75. The molecule has 0 aliphatic rings. The second-order valence-corrected chi connectivity index (χ2v) is 6.23. The molecule has 2 rings (SSSR count). The Bertz CT molecular complexity index is 706. The average molecular weight is 517 g/mol. The number of nitrogens with one attached hydrogen (secondary N) is 2. The van der Waals surface area contributed by atoms with Crippen molar-refractivity contribution in [2.24, 2.45) is 4.99 Å². The normalized spacial score (nSPS) is 11.1. The minimum atomic E-state index is 0. The van der Waals surface area contributed by atoms with Gasteiger partial charge in [0.15, 0.2) is 5.96 Å². The number of rotatable bonds is 12. The molecule has 29 heavy (non-hydrogen) atoms. The van der Waals surface area contributed by atoms with Crippen LogP contribution in [0.4, 0.5) is 0 Å². The molecule has 0 amide bonds. The van der Waals surface area contributed by atoms with Gasteiger partial charge in [-0.1, -0.05) is 11.6 Å². The maximum absolute atomic E-state index is 5.36. The topological polar surface area (TPSA) is 93.8 Å². The van der Waals surface area contributed by atoms with Gasteiger partial charge in [0.05, 0.1) is 13.7 Å². The fourth-order valence-electron chi connectivity index (χ4n) is 2.58. The van der Waals surface area contributed by atoms with Crippen LogP contribution >= 0.6 is 24.0 Å². The molecule has 0 unspecified atom stereocenters. The molecule has 1 heterocycles. The lowest BCUT2D eigenvalue weighted by molar-refractivity contribution is 0.203. The number of aliphatic imine (C=N–C) groups is 1. The Morgan fingerprint density at radius 2 is 1.90 bits per heavy atom. The quantitative estimate of drug-likeness (QED) is 0.193. The summed E-state index contributed by atoms with van der Waals surface area (Å²) >= 11 is 0. The molecule has 0 bridgehead atoms. The molecule has 0 saturated heterocycles. The van der Waals surface area contributed by atoms with Crippen molar-refractivity contribution in [3.63, 3.8) is 0 Å². The fraction of sp³-hybridized carbons (Fsp3) is 0.550. The van der Waals surface area contributed by atoms with Crippen LogP contribution in [0.3, 0.4) is 0 Å². The third-order valence-electron chi connectivity index (χ3n) is 4.08. The Morgan fingerprint density at radius 3 is 2.59 bits per heavy atom. The third-order valence-corrected chi connectivity index (χ3v) is 4.08. The van der Waals surface area contributed by atoms with Crippen molar-refractivity contribution in [2.45, 2.75) is 32.6 Å². The first-order chi connectivity index (χ1) is 13.8. The Morgan fingerprint density at radius 1 is 1.10 bits per heavy atom. The summed E-state index contributed by atoms with van der Waals surface area (Å²) in [4.78, 5) is 9.04. The summed E-state index contributed by atoms with van der Waals surface area (Å²) in [5.41, 5.74) is 0.919. The van der Waals surface area contributed by atoms with Crippen molar-refractivity contribution in [1.82, 2.24) is 20.8 Å². The van der Waals surface area contributed by atoms with E-state index < -0.39 is 0 Å². The van der Waals surface area contributed by atoms with E-state index in [-0.39, 0.29) is 24.0 Å². The lowest BCUT2D eigenvalue weighted by Gasteiger charge is -2.10. The van der Waals surface area contributed by atoms with Gasteiger partial charge in [0.2, 0.25) is 11.7 Å². The van der Waals surface area contributed by atoms with E-state index in [4.69, 9.17) is 14.0 Å². The van der Waals surface area contributed by atoms with Crippen LogP contribution in [0.15, 0.2) is 33.8 Å². The van der Waals surface area contributed by atoms with Crippen molar-refractivity contribution in [1.29, 1.82) is 0 Å². The summed E-state index contributed by atoms with van der Waals surface area (Å²) in [6.45, 7) is 5.08. The SMILES string of the molecule is CCNC(=NCCCCCc1nc(-c2ccc(OC)cc2)no1)NCCOC.I. The monoisotopic (exact) mass is 517 g/mol. The van der Waals surface area contributed by atoms with E-state index in [9.17, 15) is 0 Å². The Labute approximate surface area is 189 Å². The lowest BCUT2D eigenvalue weighted by Crippen LogP contribution is -2.39. The second-order valence-electron chi connectivity index (χ2n) is 6.23. The number of guanidine groups is 1. The first kappa shape index (κ1) is 25.2. The molecule has 0 saturated carbocycles. The third kappa shape index (κ3) is 9.44. The van der Waals surface area contributed by atoms with Crippen LogP contribution < -0.4 is 15.4 Å². The van der Waals surface area contributed by atoms with Gasteiger partial charge in [-0.15, -0.1) is 24.0 Å². The molecule has 0 spiro atoms. The van der Waals surface area contributed by atoms with E-state index in [0.29, 0.717) is 18.3 Å². The van der Waals surface area contributed by atoms with Crippen LogP contribution in [-0.4, -0.2) is 56.6 Å². The number of unbranched alkanes of at least 4 members (excludes halogenated alkanes) is 2. The maximum Gasteiger partial charge on any atom is 0.226 e. The minimum Gasteiger partial charge on any atom is -0.497 e. The molecule has 9 heteroatoms. The molecule has 0 aliphatic heterocycles. The van der Waals surface area contributed by atoms with E-state index in [0.717, 1.165) is 62.6 Å². The molecule has 162 valence electrons. The number of aryl methyl sites for hydroxylation is 1. The molecule has 0 aliphatic carbocycles. The number of methoxy groups -OCH3 is 2. The maximum atomic E-state index is 5.36. The first-order valence-corrected chi connectivity index (χ1v) is 9.75. The number of benzene rings is 1. The number of hydrogen-bond acceptors (Lipinski definition) is 6. The molecule has 2 aromatic rings. The van der Waals surface area contributed by atoms with Crippen LogP contribution in [0, 0.1) is 0 Å². The van der Waals surface area contributed by atoms with Gasteiger partial charge in [-0.2, -0.15) is 4.98 Å². The van der Waals surface area contributed by atoms with Gasteiger partial charge in [0.1, 0.15) is 5.75 Å². The number of ether oxygens (including phenoxy) is 2. The zero-order valence-corrected chi connectivity index (χ0v) is 19.8. The Balaban J connectivity index is 0.00000420. The predicted molar refractivity (Wildman–Crippen MR) is 125 cm³/mol. The van der Waals surface area contributed by atoms with Crippen LogP contribution in [0.2, 0.25) is 0 Å². The minimum absolute atomic E-state index is 0. The highest BCUT2D eigenvalue weighted by Crippen LogP contribution is 2.20. The highest BCUT2D eigenvalue weighted by Gasteiger charge is 2.08. The van der Waals surface area contributed by atoms with Gasteiger partial charge in [-0.05, 0) is 44.0 Å². The predicted octanol–water partition coefficient (Wildman–Crippen LogP) is 3.28. The van der Waals surface area contributed by atoms with E-state index in [1.54, 1.807) is 14.2 Å². The number of halogens is 1. The molecule has 0 atom stereocenters. The molecular weight excluding hydrogens is 485 g/mol. The highest BCUT2D eigenvalue weighted by molar-refractivity contribution is 14.0. The summed E-state index contributed by atoms with van der Waals surface area (Å²) < 4.78 is 15.6. The molecule has 0 fully saturated rings. The molecule has 8 nitrogen and oxygen atoms in total. The number of hydrogen-bond donors (Lipinski definition) is 2. The van der Waals surface area contributed by atoms with E-state index in [1.807, 2.05) is 24.3 Å². The van der Waals surface area contributed by atoms with Gasteiger partial charge in [0.25, 0.3) is 0 Å². The zero-order chi connectivity index (χ0) is 20.0. The zero-order valence-electron chi connectivity index (χ0n) is 17.4. The van der Waals surface area contributed by atoms with Crippen molar-refractivity contribution in [3.05, 3.63) is 30.2 Å². The van der Waals surface area contributed by atoms with E-state index in [2.05, 4.69) is 32.7 Å². The molecule has 1 aromatic carbocycles. The van der Waals surface area contributed by atoms with Crippen LogP contribution in [0.25, 0.3) is 11.4 Å². The Hall–Kier alpha value is -1.88. The second kappa shape index (κ2) is 15.0. The van der Waals surface area contributed by atoms with Gasteiger partial charge in [0, 0.05) is 38.7 Å². The number of nitrogens with zero attached hydrogens (tertiary/aromatic N) is 3. The smallest absolute Gasteiger partial charge is 0.226 e. The summed E-state index contributed by atoms with van der Waals surface area (Å²) in [6, 6.07) is 7.62. The average Bonchev–Trinajstić information content (AvgIpc) is 3.19. The van der Waals surface area contributed by atoms with E-state index >= 15 is 0 Å². The summed E-state index contributed by atoms with van der Waals surface area (Å²) in [5, 5.41) is 10.5. The largest absolute Gasteiger partial charge is 0.497 e. The van der Waals surface area contributed by atoms with Gasteiger partial charge < -0.3 is 24.6 Å². The van der Waals surface area contributed by atoms with E-state index in [1.165, 1.54) is 0 Å². The fourth-order valence-corrected chi connectivity index (χ4v) is 2.58. The molecule has 2 N–H and O–H groups in total. The number of aromatic nitrogens is 2. The molecule has 0 radical (unpaired) electrons. The van der Waals surface area contributed by atoms with Crippen molar-refractivity contribution in [2.75, 3.05) is 40.5 Å². The highest BCUT2D eigenvalue weighted by atomic mass is 127. The Kier molecular flexibility index (Phi) is 13.0. The molecular formula is C20H32IN5O3. The summed E-state index contributed by atoms with van der Waals surface area (Å²) in [5.74, 6) is 2.92. The molecule has 1 aromatic heterocycles. The van der Waals surface area contributed by atoms with Gasteiger partial charge in [-0.25, -0.2) is 0 Å². The summed E-state index contributed by atoms with van der Waals surface area (Å²) in [6.07, 6.45) is 3.84. The van der Waals surface area contributed by atoms with Crippen LogP contribution in [0.5, 0.6) is 5.75 Å².